The standard InChI is InChI=1S/C12H18N2O4/c1-16-11(15)7-12(4-2-5-17-9-12)13-8-10-3-6-18-14-10/h3,6,13H,2,4-5,7-9H2,1H3/t12-/m1/s1. The fourth-order valence-electron chi connectivity index (χ4n) is 2.15. The van der Waals surface area contributed by atoms with Crippen LogP contribution in [0.5, 0.6) is 0 Å². The quantitative estimate of drug-likeness (QED) is 0.786. The van der Waals surface area contributed by atoms with E-state index in [0.29, 0.717) is 19.6 Å². The maximum atomic E-state index is 11.5. The van der Waals surface area contributed by atoms with Gasteiger partial charge in [-0.1, -0.05) is 5.16 Å². The number of esters is 1. The Hall–Kier alpha value is -1.40. The van der Waals surface area contributed by atoms with Crippen molar-refractivity contribution in [2.75, 3.05) is 20.3 Å². The highest BCUT2D eigenvalue weighted by Crippen LogP contribution is 2.24. The summed E-state index contributed by atoms with van der Waals surface area (Å²) in [5.74, 6) is -0.229. The van der Waals surface area contributed by atoms with Gasteiger partial charge < -0.3 is 19.3 Å². The second-order valence-corrected chi connectivity index (χ2v) is 4.53. The van der Waals surface area contributed by atoms with E-state index in [1.807, 2.05) is 0 Å². The average Bonchev–Trinajstić information content (AvgIpc) is 2.91. The summed E-state index contributed by atoms with van der Waals surface area (Å²) in [7, 11) is 1.40. The molecular weight excluding hydrogens is 236 g/mol. The minimum absolute atomic E-state index is 0.229. The number of aromatic nitrogens is 1. The summed E-state index contributed by atoms with van der Waals surface area (Å²) >= 11 is 0. The van der Waals surface area contributed by atoms with Gasteiger partial charge in [-0.15, -0.1) is 0 Å². The zero-order valence-corrected chi connectivity index (χ0v) is 10.5. The molecule has 1 aliphatic rings. The average molecular weight is 254 g/mol. The van der Waals surface area contributed by atoms with E-state index < -0.39 is 0 Å². The van der Waals surface area contributed by atoms with Crippen LogP contribution in [-0.2, 0) is 20.8 Å². The topological polar surface area (TPSA) is 73.6 Å². The lowest BCUT2D eigenvalue weighted by atomic mass is 9.88. The fourth-order valence-corrected chi connectivity index (χ4v) is 2.15. The largest absolute Gasteiger partial charge is 0.469 e. The summed E-state index contributed by atoms with van der Waals surface area (Å²) in [4.78, 5) is 11.5. The molecule has 0 radical (unpaired) electrons. The summed E-state index contributed by atoms with van der Waals surface area (Å²) in [6.45, 7) is 1.81. The van der Waals surface area contributed by atoms with E-state index in [4.69, 9.17) is 14.0 Å². The van der Waals surface area contributed by atoms with Crippen LogP contribution in [0.3, 0.4) is 0 Å². The third-order valence-electron chi connectivity index (χ3n) is 3.17. The first-order valence-corrected chi connectivity index (χ1v) is 6.03. The third kappa shape index (κ3) is 3.30. The molecule has 2 heterocycles. The lowest BCUT2D eigenvalue weighted by molar-refractivity contribution is -0.144. The van der Waals surface area contributed by atoms with E-state index in [-0.39, 0.29) is 11.5 Å². The second kappa shape index (κ2) is 5.97. The summed E-state index contributed by atoms with van der Waals surface area (Å²) in [5.41, 5.74) is 0.453. The van der Waals surface area contributed by atoms with Gasteiger partial charge in [0.25, 0.3) is 0 Å². The number of hydrogen-bond donors (Lipinski definition) is 1. The molecule has 0 saturated carbocycles. The van der Waals surface area contributed by atoms with Crippen molar-refractivity contribution >= 4 is 5.97 Å². The van der Waals surface area contributed by atoms with E-state index in [1.165, 1.54) is 13.4 Å². The van der Waals surface area contributed by atoms with Crippen molar-refractivity contribution in [3.63, 3.8) is 0 Å². The number of rotatable bonds is 5. The van der Waals surface area contributed by atoms with Gasteiger partial charge in [0.1, 0.15) is 6.26 Å². The van der Waals surface area contributed by atoms with Crippen molar-refractivity contribution in [2.45, 2.75) is 31.3 Å². The van der Waals surface area contributed by atoms with Crippen molar-refractivity contribution in [1.82, 2.24) is 10.5 Å². The van der Waals surface area contributed by atoms with Crippen LogP contribution in [0.4, 0.5) is 0 Å². The number of carbonyl (C=O) groups is 1. The van der Waals surface area contributed by atoms with Crippen LogP contribution in [0.25, 0.3) is 0 Å². The van der Waals surface area contributed by atoms with Crippen molar-refractivity contribution in [1.29, 1.82) is 0 Å². The zero-order chi connectivity index (χ0) is 12.8. The van der Waals surface area contributed by atoms with Gasteiger partial charge in [-0.2, -0.15) is 0 Å². The van der Waals surface area contributed by atoms with Crippen LogP contribution < -0.4 is 5.32 Å². The van der Waals surface area contributed by atoms with Crippen molar-refractivity contribution in [3.05, 3.63) is 18.0 Å². The molecule has 1 aromatic rings. The maximum Gasteiger partial charge on any atom is 0.307 e. The van der Waals surface area contributed by atoms with E-state index in [2.05, 4.69) is 10.5 Å². The van der Waals surface area contributed by atoms with E-state index >= 15 is 0 Å². The van der Waals surface area contributed by atoms with E-state index in [9.17, 15) is 4.79 Å². The second-order valence-electron chi connectivity index (χ2n) is 4.53. The highest BCUT2D eigenvalue weighted by atomic mass is 16.5. The molecule has 1 atom stereocenters. The van der Waals surface area contributed by atoms with Gasteiger partial charge in [-0.3, -0.25) is 4.79 Å². The van der Waals surface area contributed by atoms with Crippen LogP contribution >= 0.6 is 0 Å². The monoisotopic (exact) mass is 254 g/mol. The Morgan fingerprint density at radius 2 is 2.56 bits per heavy atom. The molecule has 2 rings (SSSR count). The van der Waals surface area contributed by atoms with Crippen molar-refractivity contribution in [2.24, 2.45) is 0 Å². The molecule has 0 amide bonds. The highest BCUT2D eigenvalue weighted by molar-refractivity contribution is 5.70. The summed E-state index contributed by atoms with van der Waals surface area (Å²) in [6, 6.07) is 1.79. The van der Waals surface area contributed by atoms with Crippen LogP contribution in [0, 0.1) is 0 Å². The molecule has 1 N–H and O–H groups in total. The molecule has 1 aliphatic heterocycles. The Morgan fingerprint density at radius 1 is 1.67 bits per heavy atom. The van der Waals surface area contributed by atoms with Gasteiger partial charge in [-0.05, 0) is 12.8 Å². The molecule has 1 aromatic heterocycles. The molecule has 0 aliphatic carbocycles. The van der Waals surface area contributed by atoms with E-state index in [0.717, 1.165) is 25.1 Å². The summed E-state index contributed by atoms with van der Waals surface area (Å²) in [5, 5.41) is 7.19. The van der Waals surface area contributed by atoms with Crippen LogP contribution in [0.1, 0.15) is 25.0 Å². The first-order chi connectivity index (χ1) is 8.74. The lowest BCUT2D eigenvalue weighted by Crippen LogP contribution is -2.52. The molecule has 0 aromatic carbocycles. The van der Waals surface area contributed by atoms with Gasteiger partial charge in [-0.25, -0.2) is 0 Å². The van der Waals surface area contributed by atoms with Crippen molar-refractivity contribution in [3.8, 4) is 0 Å². The molecule has 18 heavy (non-hydrogen) atoms. The molecule has 0 unspecified atom stereocenters. The fraction of sp³-hybridized carbons (Fsp3) is 0.667. The lowest BCUT2D eigenvalue weighted by Gasteiger charge is -2.37. The number of carbonyl (C=O) groups excluding carboxylic acids is 1. The normalized spacial score (nSPS) is 23.8. The van der Waals surface area contributed by atoms with Gasteiger partial charge in [0.05, 0.1) is 31.4 Å². The SMILES string of the molecule is COC(=O)C[C@]1(NCc2ccon2)CCCOC1. The first kappa shape index (κ1) is 13.0. The molecule has 6 heteroatoms. The van der Waals surface area contributed by atoms with Gasteiger partial charge in [0, 0.05) is 19.2 Å². The molecular formula is C12H18N2O4. The minimum Gasteiger partial charge on any atom is -0.469 e. The number of methoxy groups -OCH3 is 1. The predicted molar refractivity (Wildman–Crippen MR) is 62.8 cm³/mol. The number of ether oxygens (including phenoxy) is 2. The molecule has 0 bridgehead atoms. The Balaban J connectivity index is 1.97. The third-order valence-corrected chi connectivity index (χ3v) is 3.17. The molecule has 0 spiro atoms. The molecule has 1 fully saturated rings. The van der Waals surface area contributed by atoms with Crippen LogP contribution in [0.2, 0.25) is 0 Å². The molecule has 1 saturated heterocycles. The number of nitrogens with one attached hydrogen (secondary N) is 1. The Kier molecular flexibility index (Phi) is 4.33. The number of nitrogens with zero attached hydrogens (tertiary/aromatic N) is 1. The summed E-state index contributed by atoms with van der Waals surface area (Å²) in [6.07, 6.45) is 3.66. The first-order valence-electron chi connectivity index (χ1n) is 6.03. The molecule has 100 valence electrons. The zero-order valence-electron chi connectivity index (χ0n) is 10.5. The van der Waals surface area contributed by atoms with Crippen LogP contribution in [-0.4, -0.2) is 37.0 Å². The Morgan fingerprint density at radius 3 is 3.17 bits per heavy atom. The maximum absolute atomic E-state index is 11.5. The minimum atomic E-state index is -0.357. The van der Waals surface area contributed by atoms with Gasteiger partial charge in [0.15, 0.2) is 0 Å². The van der Waals surface area contributed by atoms with Crippen LogP contribution in [0.15, 0.2) is 16.9 Å². The predicted octanol–water partition coefficient (Wildman–Crippen LogP) is 0.876. The number of hydrogen-bond acceptors (Lipinski definition) is 6. The highest BCUT2D eigenvalue weighted by Gasteiger charge is 2.35. The Labute approximate surface area is 106 Å². The van der Waals surface area contributed by atoms with E-state index in [1.54, 1.807) is 6.07 Å². The summed E-state index contributed by atoms with van der Waals surface area (Å²) < 4.78 is 15.0. The Bertz CT molecular complexity index is 371. The van der Waals surface area contributed by atoms with Crippen molar-refractivity contribution < 1.29 is 18.8 Å². The smallest absolute Gasteiger partial charge is 0.307 e. The van der Waals surface area contributed by atoms with Gasteiger partial charge in [0.2, 0.25) is 0 Å². The molecule has 6 nitrogen and oxygen atoms in total. The van der Waals surface area contributed by atoms with Gasteiger partial charge >= 0.3 is 5.97 Å².